The summed E-state index contributed by atoms with van der Waals surface area (Å²) in [6.45, 7) is 22.9. The number of benzene rings is 1. The van der Waals surface area contributed by atoms with E-state index in [9.17, 15) is 14.7 Å². The van der Waals surface area contributed by atoms with E-state index in [0.717, 1.165) is 41.8 Å². The van der Waals surface area contributed by atoms with Crippen molar-refractivity contribution in [2.75, 3.05) is 32.8 Å². The van der Waals surface area contributed by atoms with Gasteiger partial charge in [0.25, 0.3) is 0 Å². The Bertz CT molecular complexity index is 1110. The fourth-order valence-electron chi connectivity index (χ4n) is 6.11. The van der Waals surface area contributed by atoms with Gasteiger partial charge in [0, 0.05) is 43.7 Å². The second-order valence-electron chi connectivity index (χ2n) is 11.6. The molecule has 1 aromatic carbocycles. The molecular weight excluding hydrogens is 478 g/mol. The molecular formula is C31H47N3O4. The van der Waals surface area contributed by atoms with E-state index in [2.05, 4.69) is 43.6 Å². The van der Waals surface area contributed by atoms with Crippen molar-refractivity contribution in [1.82, 2.24) is 15.1 Å². The highest BCUT2D eigenvalue weighted by Gasteiger charge is 2.41. The Balaban J connectivity index is 1.82. The van der Waals surface area contributed by atoms with Crippen LogP contribution in [-0.4, -0.2) is 71.7 Å². The first kappa shape index (κ1) is 30.1. The van der Waals surface area contributed by atoms with Gasteiger partial charge in [-0.05, 0) is 69.7 Å². The summed E-state index contributed by atoms with van der Waals surface area (Å²) in [5, 5.41) is 15.0. The van der Waals surface area contributed by atoms with E-state index in [-0.39, 0.29) is 30.6 Å². The van der Waals surface area contributed by atoms with Gasteiger partial charge in [0.15, 0.2) is 0 Å². The molecule has 210 valence electrons. The Kier molecular flexibility index (Phi) is 9.61. The number of carbonyl (C=O) groups is 2. The number of nitrogens with zero attached hydrogens (tertiary/aromatic N) is 2. The quantitative estimate of drug-likeness (QED) is 0.441. The minimum Gasteiger partial charge on any atom is -0.456 e. The number of amides is 1. The first-order valence-electron chi connectivity index (χ1n) is 14.0. The van der Waals surface area contributed by atoms with E-state index in [1.54, 1.807) is 11.8 Å². The Labute approximate surface area is 228 Å². The molecule has 7 nitrogen and oxygen atoms in total. The molecule has 38 heavy (non-hydrogen) atoms. The van der Waals surface area contributed by atoms with Gasteiger partial charge in [0.2, 0.25) is 5.91 Å². The van der Waals surface area contributed by atoms with Crippen LogP contribution in [0, 0.1) is 12.3 Å². The molecule has 0 aromatic heterocycles. The summed E-state index contributed by atoms with van der Waals surface area (Å²) in [7, 11) is 0. The highest BCUT2D eigenvalue weighted by molar-refractivity contribution is 5.93. The van der Waals surface area contributed by atoms with Crippen LogP contribution in [0.25, 0.3) is 5.57 Å². The lowest BCUT2D eigenvalue weighted by Gasteiger charge is -2.45. The number of carbonyl (C=O) groups excluding carboxylic acids is 2. The summed E-state index contributed by atoms with van der Waals surface area (Å²) in [5.74, 6) is -0.363. The molecule has 1 saturated heterocycles. The minimum absolute atomic E-state index is 0.00908. The maximum atomic E-state index is 13.8. The van der Waals surface area contributed by atoms with Crippen LogP contribution >= 0.6 is 0 Å². The summed E-state index contributed by atoms with van der Waals surface area (Å²) in [5.41, 5.74) is 6.03. The molecule has 0 bridgehead atoms. The smallest absolute Gasteiger partial charge is 0.336 e. The molecule has 1 amide bonds. The third-order valence-corrected chi connectivity index (χ3v) is 8.34. The molecule has 2 aliphatic heterocycles. The Morgan fingerprint density at radius 2 is 1.97 bits per heavy atom. The lowest BCUT2D eigenvalue weighted by atomic mass is 9.82. The molecule has 1 aromatic rings. The monoisotopic (exact) mass is 525 g/mol. The zero-order chi connectivity index (χ0) is 28.4. The van der Waals surface area contributed by atoms with Crippen molar-refractivity contribution in [3.05, 3.63) is 52.2 Å². The van der Waals surface area contributed by atoms with Crippen molar-refractivity contribution >= 4 is 17.4 Å². The van der Waals surface area contributed by atoms with Crippen LogP contribution in [0.4, 0.5) is 0 Å². The standard InChI is InChI=1S/C31H47N3O4/c1-10-24-21(6)26(13-12-25(24)19(3)4)28(35)17-34-20(5)15-32-16-23(34)14-31(8,9)30(37)33(11-2)27-18-38-29(36)22(27)7/h12-13,20,23,28,32,35H,3,10-11,14-18H2,1-2,4-9H3. The number of β-amino-alcohol motifs (C(OH)–C–C–N with tert-alkyl or cyclic N) is 1. The average Bonchev–Trinajstić information content (AvgIpc) is 3.19. The number of allylic oxidation sites excluding steroid dienone is 1. The van der Waals surface area contributed by atoms with E-state index in [4.69, 9.17) is 4.74 Å². The number of likely N-dealkylation sites (N-methyl/N-ethyl adjacent to an activating group) is 1. The molecule has 1 fully saturated rings. The predicted octanol–water partition coefficient (Wildman–Crippen LogP) is 4.38. The SMILES string of the molecule is C=C(C)c1ccc(C(O)CN2C(C)CNCC2CC(C)(C)C(=O)N(CC)C2=C(C)C(=O)OC2)c(C)c1CC. The molecule has 3 atom stereocenters. The normalized spacial score (nSPS) is 21.4. The molecule has 2 aliphatic rings. The van der Waals surface area contributed by atoms with Gasteiger partial charge in [-0.1, -0.05) is 45.1 Å². The number of hydrogen-bond acceptors (Lipinski definition) is 6. The van der Waals surface area contributed by atoms with Crippen molar-refractivity contribution < 1.29 is 19.4 Å². The van der Waals surface area contributed by atoms with E-state index in [1.807, 2.05) is 33.8 Å². The van der Waals surface area contributed by atoms with Crippen molar-refractivity contribution in [3.8, 4) is 0 Å². The largest absolute Gasteiger partial charge is 0.456 e. The summed E-state index contributed by atoms with van der Waals surface area (Å²) >= 11 is 0. The zero-order valence-electron chi connectivity index (χ0n) is 24.6. The minimum atomic E-state index is -0.671. The lowest BCUT2D eigenvalue weighted by Crippen LogP contribution is -2.59. The summed E-state index contributed by atoms with van der Waals surface area (Å²) in [4.78, 5) is 29.8. The summed E-state index contributed by atoms with van der Waals surface area (Å²) in [6, 6.07) is 4.41. The molecule has 0 saturated carbocycles. The lowest BCUT2D eigenvalue weighted by molar-refractivity contribution is -0.141. The number of aliphatic hydroxyl groups excluding tert-OH is 1. The number of piperazine rings is 1. The molecule has 7 heteroatoms. The van der Waals surface area contributed by atoms with Crippen molar-refractivity contribution in [3.63, 3.8) is 0 Å². The van der Waals surface area contributed by atoms with Gasteiger partial charge < -0.3 is 20.1 Å². The molecule has 3 rings (SSSR count). The van der Waals surface area contributed by atoms with Crippen LogP contribution < -0.4 is 5.32 Å². The Morgan fingerprint density at radius 3 is 2.53 bits per heavy atom. The van der Waals surface area contributed by atoms with Crippen molar-refractivity contribution in [2.24, 2.45) is 5.41 Å². The van der Waals surface area contributed by atoms with E-state index in [1.165, 1.54) is 5.56 Å². The van der Waals surface area contributed by atoms with Crippen molar-refractivity contribution in [2.45, 2.75) is 86.4 Å². The molecule has 2 N–H and O–H groups in total. The number of aliphatic hydroxyl groups is 1. The van der Waals surface area contributed by atoms with Gasteiger partial charge in [-0.3, -0.25) is 9.69 Å². The topological polar surface area (TPSA) is 82.1 Å². The Morgan fingerprint density at radius 1 is 1.29 bits per heavy atom. The molecule has 0 radical (unpaired) electrons. The van der Waals surface area contributed by atoms with Gasteiger partial charge in [-0.15, -0.1) is 0 Å². The van der Waals surface area contributed by atoms with Gasteiger partial charge in [0.1, 0.15) is 6.61 Å². The number of hydrogen-bond donors (Lipinski definition) is 2. The summed E-state index contributed by atoms with van der Waals surface area (Å²) in [6.07, 6.45) is 0.877. The average molecular weight is 526 g/mol. The van der Waals surface area contributed by atoms with Crippen LogP contribution in [0.1, 0.15) is 83.2 Å². The highest BCUT2D eigenvalue weighted by atomic mass is 16.5. The van der Waals surface area contributed by atoms with Gasteiger partial charge in [0.05, 0.1) is 17.4 Å². The second kappa shape index (κ2) is 12.1. The van der Waals surface area contributed by atoms with Crippen LogP contribution in [0.3, 0.4) is 0 Å². The van der Waals surface area contributed by atoms with Crippen LogP contribution in [0.5, 0.6) is 0 Å². The van der Waals surface area contributed by atoms with E-state index < -0.39 is 11.5 Å². The maximum Gasteiger partial charge on any atom is 0.336 e. The molecule has 2 heterocycles. The number of cyclic esters (lactones) is 1. The maximum absolute atomic E-state index is 13.8. The fourth-order valence-corrected chi connectivity index (χ4v) is 6.11. The third-order valence-electron chi connectivity index (χ3n) is 8.34. The zero-order valence-corrected chi connectivity index (χ0v) is 24.6. The number of rotatable bonds is 10. The van der Waals surface area contributed by atoms with Crippen LogP contribution in [0.2, 0.25) is 0 Å². The van der Waals surface area contributed by atoms with Gasteiger partial charge >= 0.3 is 5.97 Å². The first-order valence-corrected chi connectivity index (χ1v) is 14.0. The van der Waals surface area contributed by atoms with Gasteiger partial charge in [-0.25, -0.2) is 4.79 Å². The summed E-state index contributed by atoms with van der Waals surface area (Å²) < 4.78 is 5.18. The molecule has 0 aliphatic carbocycles. The van der Waals surface area contributed by atoms with E-state index >= 15 is 0 Å². The molecule has 3 unspecified atom stereocenters. The van der Waals surface area contributed by atoms with Crippen molar-refractivity contribution in [1.29, 1.82) is 0 Å². The second-order valence-corrected chi connectivity index (χ2v) is 11.6. The van der Waals surface area contributed by atoms with Gasteiger partial charge in [-0.2, -0.15) is 0 Å². The Hall–Kier alpha value is -2.48. The first-order chi connectivity index (χ1) is 17.8. The highest BCUT2D eigenvalue weighted by Crippen LogP contribution is 2.34. The molecule has 0 spiro atoms. The predicted molar refractivity (Wildman–Crippen MR) is 152 cm³/mol. The van der Waals surface area contributed by atoms with Crippen LogP contribution in [0.15, 0.2) is 30.0 Å². The van der Waals surface area contributed by atoms with E-state index in [0.29, 0.717) is 30.8 Å². The number of esters is 1. The fraction of sp³-hybridized carbons (Fsp3) is 0.613. The van der Waals surface area contributed by atoms with Crippen LogP contribution in [-0.2, 0) is 20.7 Å². The number of ether oxygens (including phenoxy) is 1. The number of nitrogens with one attached hydrogen (secondary N) is 1. The third kappa shape index (κ3) is 6.05.